The highest BCUT2D eigenvalue weighted by Gasteiger charge is 2.39. The van der Waals surface area contributed by atoms with Gasteiger partial charge < -0.3 is 10.1 Å². The lowest BCUT2D eigenvalue weighted by molar-refractivity contribution is -0.136. The van der Waals surface area contributed by atoms with E-state index in [0.717, 1.165) is 29.9 Å². The summed E-state index contributed by atoms with van der Waals surface area (Å²) in [7, 11) is 1.36. The SMILES string of the molecule is COC(=O)C1=C(C)NC2=C(C(=O)CCC2)[C@@H]1c1cccc(C)n1. The lowest BCUT2D eigenvalue weighted by Crippen LogP contribution is -2.34. The first kappa shape index (κ1) is 15.5. The van der Waals surface area contributed by atoms with Crippen LogP contribution in [-0.2, 0) is 14.3 Å². The van der Waals surface area contributed by atoms with Crippen molar-refractivity contribution < 1.29 is 14.3 Å². The van der Waals surface area contributed by atoms with Crippen LogP contribution in [0.3, 0.4) is 0 Å². The quantitative estimate of drug-likeness (QED) is 0.850. The molecule has 1 aromatic rings. The first-order valence-electron chi connectivity index (χ1n) is 7.78. The van der Waals surface area contributed by atoms with Crippen LogP contribution in [0.4, 0.5) is 0 Å². The number of hydrogen-bond donors (Lipinski definition) is 1. The summed E-state index contributed by atoms with van der Waals surface area (Å²) >= 11 is 0. The Labute approximate surface area is 135 Å². The van der Waals surface area contributed by atoms with Gasteiger partial charge in [0.1, 0.15) is 0 Å². The number of ether oxygens (including phenoxy) is 1. The van der Waals surface area contributed by atoms with Gasteiger partial charge >= 0.3 is 5.97 Å². The van der Waals surface area contributed by atoms with Gasteiger partial charge in [-0.3, -0.25) is 9.78 Å². The molecule has 0 saturated heterocycles. The summed E-state index contributed by atoms with van der Waals surface area (Å²) in [4.78, 5) is 29.5. The van der Waals surface area contributed by atoms with Crippen molar-refractivity contribution in [3.05, 3.63) is 52.1 Å². The van der Waals surface area contributed by atoms with Gasteiger partial charge in [0.2, 0.25) is 0 Å². The van der Waals surface area contributed by atoms with E-state index in [2.05, 4.69) is 10.3 Å². The molecular formula is C18H20N2O3. The van der Waals surface area contributed by atoms with Gasteiger partial charge in [0.15, 0.2) is 5.78 Å². The topological polar surface area (TPSA) is 68.3 Å². The molecule has 23 heavy (non-hydrogen) atoms. The van der Waals surface area contributed by atoms with Crippen LogP contribution in [0.1, 0.15) is 43.5 Å². The lowest BCUT2D eigenvalue weighted by Gasteiger charge is -2.33. The maximum atomic E-state index is 12.6. The molecule has 1 aromatic heterocycles. The third-order valence-electron chi connectivity index (χ3n) is 4.39. The zero-order chi connectivity index (χ0) is 16.6. The number of carbonyl (C=O) groups excluding carboxylic acids is 2. The molecule has 1 atom stereocenters. The molecule has 1 aliphatic carbocycles. The highest BCUT2D eigenvalue weighted by atomic mass is 16.5. The molecule has 0 amide bonds. The number of allylic oxidation sites excluding steroid dienone is 3. The molecule has 0 radical (unpaired) electrons. The molecule has 2 heterocycles. The molecule has 0 aromatic carbocycles. The fraction of sp³-hybridized carbons (Fsp3) is 0.389. The Kier molecular flexibility index (Phi) is 4.03. The van der Waals surface area contributed by atoms with E-state index in [-0.39, 0.29) is 5.78 Å². The maximum absolute atomic E-state index is 12.6. The zero-order valence-electron chi connectivity index (χ0n) is 13.6. The Morgan fingerprint density at radius 2 is 2.09 bits per heavy atom. The molecule has 5 nitrogen and oxygen atoms in total. The Morgan fingerprint density at radius 3 is 2.78 bits per heavy atom. The van der Waals surface area contributed by atoms with E-state index in [1.807, 2.05) is 32.0 Å². The summed E-state index contributed by atoms with van der Waals surface area (Å²) in [6.45, 7) is 3.74. The van der Waals surface area contributed by atoms with Crippen LogP contribution in [0.2, 0.25) is 0 Å². The van der Waals surface area contributed by atoms with E-state index < -0.39 is 11.9 Å². The van der Waals surface area contributed by atoms with Crippen molar-refractivity contribution in [2.24, 2.45) is 0 Å². The van der Waals surface area contributed by atoms with Crippen molar-refractivity contribution in [3.63, 3.8) is 0 Å². The number of esters is 1. The van der Waals surface area contributed by atoms with Crippen molar-refractivity contribution in [1.29, 1.82) is 0 Å². The highest BCUT2D eigenvalue weighted by Crippen LogP contribution is 2.41. The molecular weight excluding hydrogens is 292 g/mol. The number of nitrogens with zero attached hydrogens (tertiary/aromatic N) is 1. The maximum Gasteiger partial charge on any atom is 0.336 e. The van der Waals surface area contributed by atoms with Crippen LogP contribution < -0.4 is 5.32 Å². The summed E-state index contributed by atoms with van der Waals surface area (Å²) in [5, 5.41) is 3.24. The first-order valence-corrected chi connectivity index (χ1v) is 7.78. The van der Waals surface area contributed by atoms with Crippen LogP contribution in [0, 0.1) is 6.92 Å². The molecule has 1 N–H and O–H groups in total. The summed E-state index contributed by atoms with van der Waals surface area (Å²) < 4.78 is 4.96. The molecule has 0 bridgehead atoms. The number of aryl methyl sites for hydroxylation is 1. The highest BCUT2D eigenvalue weighted by molar-refractivity contribution is 6.03. The molecule has 1 aliphatic heterocycles. The third kappa shape index (κ3) is 2.67. The molecule has 0 spiro atoms. The van der Waals surface area contributed by atoms with Gasteiger partial charge in [0.05, 0.1) is 24.3 Å². The van der Waals surface area contributed by atoms with Crippen LogP contribution in [0.25, 0.3) is 0 Å². The lowest BCUT2D eigenvalue weighted by atomic mass is 9.77. The fourth-order valence-corrected chi connectivity index (χ4v) is 3.38. The van der Waals surface area contributed by atoms with Crippen LogP contribution >= 0.6 is 0 Å². The predicted molar refractivity (Wildman–Crippen MR) is 85.5 cm³/mol. The summed E-state index contributed by atoms with van der Waals surface area (Å²) in [5.74, 6) is -0.791. The minimum absolute atomic E-state index is 0.0842. The van der Waals surface area contributed by atoms with Crippen molar-refractivity contribution >= 4 is 11.8 Å². The Hall–Kier alpha value is -2.43. The van der Waals surface area contributed by atoms with Crippen molar-refractivity contribution in [3.8, 4) is 0 Å². The number of pyridine rings is 1. The third-order valence-corrected chi connectivity index (χ3v) is 4.39. The van der Waals surface area contributed by atoms with Crippen LogP contribution in [0.5, 0.6) is 0 Å². The number of aromatic nitrogens is 1. The second-order valence-corrected chi connectivity index (χ2v) is 5.96. The number of nitrogens with one attached hydrogen (secondary N) is 1. The van der Waals surface area contributed by atoms with Crippen molar-refractivity contribution in [2.45, 2.75) is 39.0 Å². The largest absolute Gasteiger partial charge is 0.466 e. The number of rotatable bonds is 2. The number of Topliss-reactive ketones (excluding diaryl/α,β-unsaturated/α-hetero) is 1. The molecule has 0 unspecified atom stereocenters. The Bertz CT molecular complexity index is 746. The van der Waals surface area contributed by atoms with Gasteiger partial charge in [-0.15, -0.1) is 0 Å². The van der Waals surface area contributed by atoms with E-state index in [1.54, 1.807) is 0 Å². The number of dihydropyridines is 1. The fourth-order valence-electron chi connectivity index (χ4n) is 3.38. The number of methoxy groups -OCH3 is 1. The zero-order valence-corrected chi connectivity index (χ0v) is 13.6. The minimum Gasteiger partial charge on any atom is -0.466 e. The van der Waals surface area contributed by atoms with E-state index in [1.165, 1.54) is 7.11 Å². The smallest absolute Gasteiger partial charge is 0.336 e. The predicted octanol–water partition coefficient (Wildman–Crippen LogP) is 2.53. The van der Waals surface area contributed by atoms with E-state index in [9.17, 15) is 9.59 Å². The van der Waals surface area contributed by atoms with Gasteiger partial charge in [0, 0.05) is 29.1 Å². The van der Waals surface area contributed by atoms with Gasteiger partial charge in [-0.05, 0) is 38.8 Å². The minimum atomic E-state index is -0.452. The molecule has 2 aliphatic rings. The molecule has 3 rings (SSSR count). The standard InChI is InChI=1S/C18H20N2O3/c1-10-6-4-7-13(19-10)17-15(18(22)23-3)11(2)20-12-8-5-9-14(21)16(12)17/h4,6-7,17,20H,5,8-9H2,1-3H3/t17-/m1/s1. The average molecular weight is 312 g/mol. The van der Waals surface area contributed by atoms with Gasteiger partial charge in [-0.25, -0.2) is 4.79 Å². The normalized spacial score (nSPS) is 21.0. The summed E-state index contributed by atoms with van der Waals surface area (Å²) in [5.41, 5.74) is 4.36. The van der Waals surface area contributed by atoms with Gasteiger partial charge in [0.25, 0.3) is 0 Å². The number of carbonyl (C=O) groups is 2. The van der Waals surface area contributed by atoms with E-state index in [4.69, 9.17) is 4.74 Å². The Balaban J connectivity index is 2.20. The summed E-state index contributed by atoms with van der Waals surface area (Å²) in [6.07, 6.45) is 2.16. The van der Waals surface area contributed by atoms with E-state index >= 15 is 0 Å². The van der Waals surface area contributed by atoms with Crippen molar-refractivity contribution in [1.82, 2.24) is 10.3 Å². The monoisotopic (exact) mass is 312 g/mol. The first-order chi connectivity index (χ1) is 11.0. The van der Waals surface area contributed by atoms with Crippen LogP contribution in [0.15, 0.2) is 40.7 Å². The number of ketones is 1. The molecule has 5 heteroatoms. The molecule has 0 saturated carbocycles. The number of hydrogen-bond acceptors (Lipinski definition) is 5. The summed E-state index contributed by atoms with van der Waals surface area (Å²) in [6, 6.07) is 5.67. The second kappa shape index (κ2) is 5.99. The Morgan fingerprint density at radius 1 is 1.30 bits per heavy atom. The molecule has 0 fully saturated rings. The average Bonchev–Trinajstić information content (AvgIpc) is 2.53. The molecule has 120 valence electrons. The van der Waals surface area contributed by atoms with E-state index in [0.29, 0.717) is 23.3 Å². The van der Waals surface area contributed by atoms with Gasteiger partial charge in [-0.1, -0.05) is 6.07 Å². The second-order valence-electron chi connectivity index (χ2n) is 5.96. The van der Waals surface area contributed by atoms with Crippen LogP contribution in [-0.4, -0.2) is 23.8 Å². The van der Waals surface area contributed by atoms with Gasteiger partial charge in [-0.2, -0.15) is 0 Å². The van der Waals surface area contributed by atoms with Crippen molar-refractivity contribution in [2.75, 3.05) is 7.11 Å².